The molecule has 8 atom stereocenters. The second-order valence-corrected chi connectivity index (χ2v) is 17.5. The fourth-order valence-electron chi connectivity index (χ4n) is 7.11. The summed E-state index contributed by atoms with van der Waals surface area (Å²) < 4.78 is 32.7. The summed E-state index contributed by atoms with van der Waals surface area (Å²) in [7, 11) is -4.67. The van der Waals surface area contributed by atoms with Gasteiger partial charge in [-0.15, -0.1) is 0 Å². The van der Waals surface area contributed by atoms with Gasteiger partial charge < -0.3 is 39.9 Å². The van der Waals surface area contributed by atoms with Crippen molar-refractivity contribution >= 4 is 19.8 Å². The first-order valence-electron chi connectivity index (χ1n) is 22.6. The van der Waals surface area contributed by atoms with Gasteiger partial charge in [-0.3, -0.25) is 18.6 Å². The van der Waals surface area contributed by atoms with Crippen LogP contribution in [0.25, 0.3) is 0 Å². The number of aliphatic hydroxyl groups excluding tert-OH is 5. The van der Waals surface area contributed by atoms with Crippen molar-refractivity contribution in [2.75, 3.05) is 26.4 Å². The van der Waals surface area contributed by atoms with Crippen LogP contribution in [0.3, 0.4) is 0 Å². The molecule has 1 fully saturated rings. The lowest BCUT2D eigenvalue weighted by Crippen LogP contribution is -2.29. The smallest absolute Gasteiger partial charge is 0.462 e. The van der Waals surface area contributed by atoms with Crippen molar-refractivity contribution in [3.63, 3.8) is 0 Å². The summed E-state index contributed by atoms with van der Waals surface area (Å²) in [4.78, 5) is 35.2. The van der Waals surface area contributed by atoms with Gasteiger partial charge in [0, 0.05) is 25.2 Å². The zero-order chi connectivity index (χ0) is 42.9. The Kier molecular flexibility index (Phi) is 32.8. The summed E-state index contributed by atoms with van der Waals surface area (Å²) in [5, 5.41) is 49.6. The maximum absolute atomic E-state index is 12.7. The van der Waals surface area contributed by atoms with Crippen LogP contribution in [0, 0.1) is 11.8 Å². The van der Waals surface area contributed by atoms with E-state index < -0.39 is 76.7 Å². The van der Waals surface area contributed by atoms with E-state index in [9.17, 15) is 39.5 Å². The van der Waals surface area contributed by atoms with Crippen LogP contribution in [0.1, 0.15) is 174 Å². The van der Waals surface area contributed by atoms with E-state index in [1.54, 1.807) is 6.08 Å². The number of hydrogen-bond acceptors (Lipinski definition) is 12. The topological polar surface area (TPSA) is 210 Å². The first kappa shape index (κ1) is 54.3. The quantitative estimate of drug-likeness (QED) is 0.0150. The predicted octanol–water partition coefficient (Wildman–Crippen LogP) is 8.16. The molecule has 0 amide bonds. The summed E-state index contributed by atoms with van der Waals surface area (Å²) in [6, 6.07) is 0. The van der Waals surface area contributed by atoms with Crippen molar-refractivity contribution in [2.45, 2.75) is 205 Å². The molecule has 0 bridgehead atoms. The number of ether oxygens (including phenoxy) is 2. The second-order valence-electron chi connectivity index (χ2n) is 16.1. The van der Waals surface area contributed by atoms with E-state index in [0.717, 1.165) is 38.5 Å². The minimum atomic E-state index is -4.67. The third-order valence-corrected chi connectivity index (χ3v) is 11.6. The van der Waals surface area contributed by atoms with Gasteiger partial charge in [-0.05, 0) is 38.0 Å². The minimum absolute atomic E-state index is 0.0672. The van der Waals surface area contributed by atoms with Gasteiger partial charge in [-0.2, -0.15) is 0 Å². The lowest BCUT2D eigenvalue weighted by Gasteiger charge is -2.20. The number of unbranched alkanes of at least 4 members (excludes halogenated alkanes) is 17. The first-order chi connectivity index (χ1) is 27.9. The Labute approximate surface area is 349 Å². The van der Waals surface area contributed by atoms with E-state index in [-0.39, 0.29) is 31.1 Å². The van der Waals surface area contributed by atoms with E-state index in [0.29, 0.717) is 32.1 Å². The van der Waals surface area contributed by atoms with Gasteiger partial charge >= 0.3 is 19.8 Å². The van der Waals surface area contributed by atoms with Crippen LogP contribution in [-0.2, 0) is 32.7 Å². The fourth-order valence-corrected chi connectivity index (χ4v) is 7.89. The standard InChI is InChI=1S/C44H81O13P/c1-3-5-7-8-9-10-11-12-13-14-15-16-17-18-24-28-44(51)57-38(35-56-58(52,53)55-33-37(47)32-45)34-54-43(50)27-23-20-19-22-26-39-40(42(49)31-41(39)48)30-29-36(46)25-21-6-4-2/h19,22,29-30,36-42,45-49H,3-18,20-21,23-28,31-35H2,1-2H3,(H,52,53)/b22-19+,30-29+/t36-,37-,38+,39+,40+,41-,42+/m0/s1. The molecule has 0 radical (unpaired) electrons. The highest BCUT2D eigenvalue weighted by Crippen LogP contribution is 2.43. The largest absolute Gasteiger partial charge is 0.472 e. The number of carbonyl (C=O) groups excluding carboxylic acids is 2. The molecule has 0 aromatic heterocycles. The van der Waals surface area contributed by atoms with Gasteiger partial charge in [0.1, 0.15) is 12.7 Å². The Bertz CT molecular complexity index is 1130. The highest BCUT2D eigenvalue weighted by Gasteiger charge is 2.39. The number of carbonyl (C=O) groups is 2. The number of aliphatic hydroxyl groups is 5. The molecule has 1 aliphatic carbocycles. The molecule has 13 nitrogen and oxygen atoms in total. The molecule has 0 saturated heterocycles. The van der Waals surface area contributed by atoms with Crippen molar-refractivity contribution in [1.82, 2.24) is 0 Å². The van der Waals surface area contributed by atoms with Crippen LogP contribution in [-0.4, -0.2) is 99.3 Å². The average molecular weight is 849 g/mol. The third-order valence-electron chi connectivity index (χ3n) is 10.7. The lowest BCUT2D eigenvalue weighted by atomic mass is 9.89. The molecule has 14 heteroatoms. The number of rotatable bonds is 38. The Balaban J connectivity index is 2.45. The summed E-state index contributed by atoms with van der Waals surface area (Å²) in [5.74, 6) is -1.54. The average Bonchev–Trinajstić information content (AvgIpc) is 3.47. The molecule has 1 saturated carbocycles. The van der Waals surface area contributed by atoms with Crippen molar-refractivity contribution in [2.24, 2.45) is 11.8 Å². The Morgan fingerprint density at radius 3 is 1.86 bits per heavy atom. The zero-order valence-corrected chi connectivity index (χ0v) is 36.7. The first-order valence-corrected chi connectivity index (χ1v) is 24.0. The highest BCUT2D eigenvalue weighted by atomic mass is 31.2. The molecule has 6 N–H and O–H groups in total. The second kappa shape index (κ2) is 35.0. The molecule has 1 rings (SSSR count). The van der Waals surface area contributed by atoms with Crippen molar-refractivity contribution in [3.05, 3.63) is 24.3 Å². The van der Waals surface area contributed by atoms with Gasteiger partial charge in [0.25, 0.3) is 0 Å². The molecule has 0 aromatic carbocycles. The van der Waals surface area contributed by atoms with E-state index in [2.05, 4.69) is 18.4 Å². The summed E-state index contributed by atoms with van der Waals surface area (Å²) in [6.07, 6.45) is 26.6. The van der Waals surface area contributed by atoms with E-state index in [4.69, 9.17) is 19.1 Å². The van der Waals surface area contributed by atoms with Crippen LogP contribution in [0.5, 0.6) is 0 Å². The maximum Gasteiger partial charge on any atom is 0.472 e. The van der Waals surface area contributed by atoms with Gasteiger partial charge in [0.2, 0.25) is 0 Å². The number of esters is 2. The van der Waals surface area contributed by atoms with E-state index in [1.807, 2.05) is 18.2 Å². The molecule has 1 aliphatic rings. The third kappa shape index (κ3) is 28.7. The summed E-state index contributed by atoms with van der Waals surface area (Å²) >= 11 is 0. The van der Waals surface area contributed by atoms with Gasteiger partial charge in [-0.1, -0.05) is 147 Å². The van der Waals surface area contributed by atoms with E-state index in [1.165, 1.54) is 70.6 Å². The molecule has 0 heterocycles. The van der Waals surface area contributed by atoms with Crippen LogP contribution >= 0.6 is 7.82 Å². The molecular formula is C44H81O13P. The van der Waals surface area contributed by atoms with Crippen LogP contribution in [0.4, 0.5) is 0 Å². The summed E-state index contributed by atoms with van der Waals surface area (Å²) in [6.45, 7) is 2.02. The summed E-state index contributed by atoms with van der Waals surface area (Å²) in [5.41, 5.74) is 0. The van der Waals surface area contributed by atoms with Crippen molar-refractivity contribution in [3.8, 4) is 0 Å². The molecule has 1 unspecified atom stereocenters. The number of phosphoric acid groups is 1. The predicted molar refractivity (Wildman–Crippen MR) is 226 cm³/mol. The Hall–Kier alpha value is -1.67. The molecule has 58 heavy (non-hydrogen) atoms. The van der Waals surface area contributed by atoms with Crippen molar-refractivity contribution < 1.29 is 63.1 Å². The van der Waals surface area contributed by atoms with Crippen LogP contribution < -0.4 is 0 Å². The monoisotopic (exact) mass is 849 g/mol. The van der Waals surface area contributed by atoms with Gasteiger partial charge in [0.05, 0.1) is 38.1 Å². The molecule has 340 valence electrons. The molecule has 0 aliphatic heterocycles. The van der Waals surface area contributed by atoms with E-state index >= 15 is 0 Å². The Morgan fingerprint density at radius 1 is 0.707 bits per heavy atom. The van der Waals surface area contributed by atoms with Crippen molar-refractivity contribution in [1.29, 1.82) is 0 Å². The number of phosphoric ester groups is 1. The molecule has 0 spiro atoms. The normalized spacial score (nSPS) is 21.0. The van der Waals surface area contributed by atoms with Crippen LogP contribution in [0.15, 0.2) is 24.3 Å². The fraction of sp³-hybridized carbons (Fsp3) is 0.864. The SMILES string of the molecule is CCCCCCCCCCCCCCCCCC(=O)O[C@H](COC(=O)CCC/C=C/C[C@@H]1[C@@H](/C=C/[C@@H](O)CCCCC)[C@H](O)C[C@@H]1O)COP(=O)(O)OC[C@@H](O)CO. The molecule has 0 aromatic rings. The number of allylic oxidation sites excluding steroid dienone is 2. The van der Waals surface area contributed by atoms with Gasteiger partial charge in [-0.25, -0.2) is 4.57 Å². The van der Waals surface area contributed by atoms with Crippen LogP contribution in [0.2, 0.25) is 0 Å². The molecular weight excluding hydrogens is 767 g/mol. The zero-order valence-electron chi connectivity index (χ0n) is 35.8. The number of hydrogen-bond donors (Lipinski definition) is 6. The lowest BCUT2D eigenvalue weighted by molar-refractivity contribution is -0.161. The maximum atomic E-state index is 12.7. The van der Waals surface area contributed by atoms with Gasteiger partial charge in [0.15, 0.2) is 6.10 Å². The Morgan fingerprint density at radius 2 is 1.26 bits per heavy atom. The highest BCUT2D eigenvalue weighted by molar-refractivity contribution is 7.47. The minimum Gasteiger partial charge on any atom is -0.462 e.